The summed E-state index contributed by atoms with van der Waals surface area (Å²) in [7, 11) is 0. The molecule has 5 nitrogen and oxygen atoms in total. The van der Waals surface area contributed by atoms with Crippen molar-refractivity contribution in [2.45, 2.75) is 77.5 Å². The molecule has 2 amide bonds. The molecule has 0 bridgehead atoms. The lowest BCUT2D eigenvalue weighted by Crippen LogP contribution is -2.45. The van der Waals surface area contributed by atoms with Crippen molar-refractivity contribution in [3.05, 3.63) is 16.1 Å². The Morgan fingerprint density at radius 3 is 2.61 bits per heavy atom. The highest BCUT2D eigenvalue weighted by atomic mass is 32.1. The first-order valence-corrected chi connectivity index (χ1v) is 9.44. The number of aryl methyl sites for hydroxylation is 1. The highest BCUT2D eigenvalue weighted by Crippen LogP contribution is 2.22. The maximum absolute atomic E-state index is 12.0. The van der Waals surface area contributed by atoms with Gasteiger partial charge in [0.1, 0.15) is 0 Å². The van der Waals surface area contributed by atoms with Crippen LogP contribution in [0.5, 0.6) is 0 Å². The largest absolute Gasteiger partial charge is 0.376 e. The van der Waals surface area contributed by atoms with Crippen molar-refractivity contribution >= 4 is 17.4 Å². The minimum atomic E-state index is -0.0710. The second-order valence-corrected chi connectivity index (χ2v) is 7.63. The van der Waals surface area contributed by atoms with Gasteiger partial charge >= 0.3 is 6.03 Å². The molecular formula is C17H29N3O2S. The molecule has 1 aliphatic rings. The molecule has 1 aromatic heterocycles. The molecule has 1 fully saturated rings. The standard InChI is InChI=1S/C17H29N3O2S/c1-11(2)22-15-7-5-14(6-8-15)20-17(21)18-9-12(3)16-19-13(4)10-23-16/h10-12,14-15H,5-9H2,1-4H3,(H2,18,20,21)/t12-,14?,15?/m1/s1. The number of aromatic nitrogens is 1. The van der Waals surface area contributed by atoms with Crippen molar-refractivity contribution in [1.29, 1.82) is 0 Å². The normalized spacial score (nSPS) is 22.8. The summed E-state index contributed by atoms with van der Waals surface area (Å²) in [4.78, 5) is 16.5. The van der Waals surface area contributed by atoms with Gasteiger partial charge in [-0.15, -0.1) is 11.3 Å². The van der Waals surface area contributed by atoms with Gasteiger partial charge in [0, 0.05) is 29.6 Å². The number of hydrogen-bond acceptors (Lipinski definition) is 4. The van der Waals surface area contributed by atoms with E-state index in [0.29, 0.717) is 12.6 Å². The number of rotatable bonds is 6. The van der Waals surface area contributed by atoms with Crippen LogP contribution in [0.4, 0.5) is 4.79 Å². The summed E-state index contributed by atoms with van der Waals surface area (Å²) in [6.07, 6.45) is 4.67. The number of hydrogen-bond donors (Lipinski definition) is 2. The molecule has 23 heavy (non-hydrogen) atoms. The first-order valence-electron chi connectivity index (χ1n) is 8.56. The second kappa shape index (κ2) is 8.64. The molecule has 0 aromatic carbocycles. The van der Waals surface area contributed by atoms with Gasteiger partial charge in [0.2, 0.25) is 0 Å². The van der Waals surface area contributed by atoms with E-state index in [1.54, 1.807) is 11.3 Å². The number of carbonyl (C=O) groups excluding carboxylic acids is 1. The van der Waals surface area contributed by atoms with E-state index in [0.717, 1.165) is 36.4 Å². The van der Waals surface area contributed by atoms with E-state index >= 15 is 0 Å². The molecule has 0 aliphatic heterocycles. The van der Waals surface area contributed by atoms with Gasteiger partial charge in [0.25, 0.3) is 0 Å². The van der Waals surface area contributed by atoms with E-state index in [2.05, 4.69) is 36.4 Å². The highest BCUT2D eigenvalue weighted by molar-refractivity contribution is 7.09. The van der Waals surface area contributed by atoms with Crippen LogP contribution in [0.1, 0.15) is 63.1 Å². The summed E-state index contributed by atoms with van der Waals surface area (Å²) >= 11 is 1.65. The van der Waals surface area contributed by atoms with Crippen LogP contribution in [-0.4, -0.2) is 35.8 Å². The maximum Gasteiger partial charge on any atom is 0.315 e. The van der Waals surface area contributed by atoms with E-state index in [9.17, 15) is 4.79 Å². The summed E-state index contributed by atoms with van der Waals surface area (Å²) in [6.45, 7) is 8.84. The molecule has 0 radical (unpaired) electrons. The van der Waals surface area contributed by atoms with Crippen molar-refractivity contribution in [2.75, 3.05) is 6.54 Å². The number of urea groups is 1. The monoisotopic (exact) mass is 339 g/mol. The van der Waals surface area contributed by atoms with Gasteiger partial charge in [-0.1, -0.05) is 6.92 Å². The third-order valence-corrected chi connectivity index (χ3v) is 5.30. The molecule has 0 spiro atoms. The Morgan fingerprint density at radius 2 is 2.04 bits per heavy atom. The summed E-state index contributed by atoms with van der Waals surface area (Å²) in [5.74, 6) is 0.245. The average molecular weight is 340 g/mol. The molecule has 1 aromatic rings. The minimum absolute atomic E-state index is 0.0710. The second-order valence-electron chi connectivity index (χ2n) is 6.74. The van der Waals surface area contributed by atoms with Crippen molar-refractivity contribution in [1.82, 2.24) is 15.6 Å². The smallest absolute Gasteiger partial charge is 0.315 e. The Hall–Kier alpha value is -1.14. The van der Waals surface area contributed by atoms with Crippen LogP contribution in [-0.2, 0) is 4.74 Å². The first kappa shape index (κ1) is 18.2. The van der Waals surface area contributed by atoms with Crippen LogP contribution < -0.4 is 10.6 Å². The molecule has 0 saturated heterocycles. The number of nitrogens with zero attached hydrogens (tertiary/aromatic N) is 1. The minimum Gasteiger partial charge on any atom is -0.376 e. The molecule has 2 rings (SSSR count). The van der Waals surface area contributed by atoms with E-state index < -0.39 is 0 Å². The molecular weight excluding hydrogens is 310 g/mol. The van der Waals surface area contributed by atoms with Crippen LogP contribution >= 0.6 is 11.3 Å². The lowest BCUT2D eigenvalue weighted by molar-refractivity contribution is -0.0155. The number of amides is 2. The molecule has 6 heteroatoms. The summed E-state index contributed by atoms with van der Waals surface area (Å²) < 4.78 is 5.84. The van der Waals surface area contributed by atoms with Gasteiger partial charge in [-0.3, -0.25) is 0 Å². The van der Waals surface area contributed by atoms with Crippen LogP contribution in [0.2, 0.25) is 0 Å². The molecule has 2 N–H and O–H groups in total. The van der Waals surface area contributed by atoms with Crippen LogP contribution in [0.15, 0.2) is 5.38 Å². The van der Waals surface area contributed by atoms with E-state index in [4.69, 9.17) is 4.74 Å². The molecule has 1 aliphatic carbocycles. The van der Waals surface area contributed by atoms with Crippen LogP contribution in [0, 0.1) is 6.92 Å². The zero-order chi connectivity index (χ0) is 16.8. The first-order chi connectivity index (χ1) is 10.9. The topological polar surface area (TPSA) is 63.2 Å². The van der Waals surface area contributed by atoms with Gasteiger partial charge in [-0.25, -0.2) is 9.78 Å². The van der Waals surface area contributed by atoms with E-state index in [-0.39, 0.29) is 24.1 Å². The number of carbonyl (C=O) groups is 1. The van der Waals surface area contributed by atoms with Crippen molar-refractivity contribution in [3.63, 3.8) is 0 Å². The van der Waals surface area contributed by atoms with Gasteiger partial charge < -0.3 is 15.4 Å². The fraction of sp³-hybridized carbons (Fsp3) is 0.765. The molecule has 130 valence electrons. The Balaban J connectivity index is 1.65. The quantitative estimate of drug-likeness (QED) is 0.832. The van der Waals surface area contributed by atoms with Crippen molar-refractivity contribution in [2.24, 2.45) is 0 Å². The molecule has 1 heterocycles. The molecule has 1 atom stereocenters. The fourth-order valence-electron chi connectivity index (χ4n) is 2.90. The van der Waals surface area contributed by atoms with Gasteiger partial charge in [0.15, 0.2) is 0 Å². The summed E-state index contributed by atoms with van der Waals surface area (Å²) in [5, 5.41) is 9.17. The number of nitrogens with one attached hydrogen (secondary N) is 2. The van der Waals surface area contributed by atoms with Crippen LogP contribution in [0.25, 0.3) is 0 Å². The fourth-order valence-corrected chi connectivity index (χ4v) is 3.75. The lowest BCUT2D eigenvalue weighted by Gasteiger charge is -2.30. The Morgan fingerprint density at radius 1 is 1.35 bits per heavy atom. The lowest BCUT2D eigenvalue weighted by atomic mass is 9.93. The summed E-state index contributed by atoms with van der Waals surface area (Å²) in [5.41, 5.74) is 1.04. The third-order valence-electron chi connectivity index (χ3n) is 4.10. The highest BCUT2D eigenvalue weighted by Gasteiger charge is 2.23. The number of thiazole rings is 1. The predicted octanol–water partition coefficient (Wildman–Crippen LogP) is 3.59. The van der Waals surface area contributed by atoms with Gasteiger partial charge in [-0.2, -0.15) is 0 Å². The summed E-state index contributed by atoms with van der Waals surface area (Å²) in [6, 6.07) is 0.192. The Labute approximate surface area is 143 Å². The number of ether oxygens (including phenoxy) is 1. The van der Waals surface area contributed by atoms with Crippen molar-refractivity contribution < 1.29 is 9.53 Å². The molecule has 0 unspecified atom stereocenters. The zero-order valence-corrected chi connectivity index (χ0v) is 15.4. The van der Waals surface area contributed by atoms with Crippen LogP contribution in [0.3, 0.4) is 0 Å². The predicted molar refractivity (Wildman–Crippen MR) is 94.1 cm³/mol. The Kier molecular flexibility index (Phi) is 6.84. The van der Waals surface area contributed by atoms with Gasteiger partial charge in [-0.05, 0) is 46.5 Å². The van der Waals surface area contributed by atoms with Gasteiger partial charge in [0.05, 0.1) is 17.2 Å². The van der Waals surface area contributed by atoms with E-state index in [1.165, 1.54) is 0 Å². The average Bonchev–Trinajstić information content (AvgIpc) is 2.93. The SMILES string of the molecule is Cc1csc([C@H](C)CNC(=O)NC2CCC(OC(C)C)CC2)n1. The van der Waals surface area contributed by atoms with Crippen molar-refractivity contribution in [3.8, 4) is 0 Å². The maximum atomic E-state index is 12.0. The van der Waals surface area contributed by atoms with E-state index in [1.807, 2.05) is 12.3 Å². The third kappa shape index (κ3) is 6.11. The Bertz CT molecular complexity index is 496. The zero-order valence-electron chi connectivity index (χ0n) is 14.6. The molecule has 1 saturated carbocycles.